The van der Waals surface area contributed by atoms with Crippen molar-refractivity contribution in [3.8, 4) is 0 Å². The molecule has 188 valence electrons. The fourth-order valence-corrected chi connectivity index (χ4v) is 4.31. The number of anilines is 1. The molecule has 3 amide bonds. The van der Waals surface area contributed by atoms with E-state index in [1.807, 2.05) is 6.92 Å². The molecule has 2 aliphatic rings. The summed E-state index contributed by atoms with van der Waals surface area (Å²) in [6.45, 7) is 4.15. The first-order valence-corrected chi connectivity index (χ1v) is 12.6. The minimum absolute atomic E-state index is 0.0885. The minimum atomic E-state index is -0.450. The summed E-state index contributed by atoms with van der Waals surface area (Å²) in [5.41, 5.74) is 0.764. The van der Waals surface area contributed by atoms with Crippen molar-refractivity contribution in [3.05, 3.63) is 24.0 Å². The number of rotatable bonds is 12. The summed E-state index contributed by atoms with van der Waals surface area (Å²) in [5, 5.41) is 8.62. The number of amides is 3. The molecule has 0 spiro atoms. The highest BCUT2D eigenvalue weighted by atomic mass is 16.5. The standard InChI is InChI=1S/C25H38N4O5/c1-18-9-10-22(34-18)25(32)29-20-11-14-26-21(17-20)24(31)28-13-6-16-33-15-5-12-27-23(30)19-7-3-2-4-8-19/h11,14,17-19,22H,2-10,12-13,15-16H2,1H3,(H,27,30)(H,28,31)(H,26,29,32). The Kier molecular flexibility index (Phi) is 10.8. The molecule has 3 N–H and O–H groups in total. The van der Waals surface area contributed by atoms with Crippen LogP contribution in [0.2, 0.25) is 0 Å². The van der Waals surface area contributed by atoms with Crippen LogP contribution in [-0.2, 0) is 19.1 Å². The van der Waals surface area contributed by atoms with Crippen LogP contribution in [-0.4, -0.2) is 61.2 Å². The van der Waals surface area contributed by atoms with Gasteiger partial charge in [-0.15, -0.1) is 0 Å². The first kappa shape index (κ1) is 26.1. The summed E-state index contributed by atoms with van der Waals surface area (Å²) in [6.07, 6.45) is 9.73. The van der Waals surface area contributed by atoms with Crippen LogP contribution in [0.25, 0.3) is 0 Å². The quantitative estimate of drug-likeness (QED) is 0.401. The van der Waals surface area contributed by atoms with Crippen molar-refractivity contribution in [1.29, 1.82) is 0 Å². The Bertz CT molecular complexity index is 812. The van der Waals surface area contributed by atoms with Crippen molar-refractivity contribution in [3.63, 3.8) is 0 Å². The average Bonchev–Trinajstić information content (AvgIpc) is 3.30. The van der Waals surface area contributed by atoms with Gasteiger partial charge in [0.15, 0.2) is 0 Å². The zero-order chi connectivity index (χ0) is 24.2. The van der Waals surface area contributed by atoms with E-state index in [4.69, 9.17) is 9.47 Å². The molecule has 0 radical (unpaired) electrons. The fraction of sp³-hybridized carbons (Fsp3) is 0.680. The molecule has 2 heterocycles. The summed E-state index contributed by atoms with van der Waals surface area (Å²) in [7, 11) is 0. The lowest BCUT2D eigenvalue weighted by molar-refractivity contribution is -0.126. The molecule has 1 aliphatic heterocycles. The van der Waals surface area contributed by atoms with Crippen LogP contribution in [0.4, 0.5) is 5.69 Å². The number of aromatic nitrogens is 1. The van der Waals surface area contributed by atoms with Crippen LogP contribution >= 0.6 is 0 Å². The second-order valence-corrected chi connectivity index (χ2v) is 9.13. The Hall–Kier alpha value is -2.52. The highest BCUT2D eigenvalue weighted by molar-refractivity contribution is 5.97. The molecule has 0 aromatic carbocycles. The number of hydrogen-bond donors (Lipinski definition) is 3. The van der Waals surface area contributed by atoms with Gasteiger partial charge in [0.1, 0.15) is 11.8 Å². The number of nitrogens with one attached hydrogen (secondary N) is 3. The summed E-state index contributed by atoms with van der Waals surface area (Å²) >= 11 is 0. The zero-order valence-electron chi connectivity index (χ0n) is 20.1. The van der Waals surface area contributed by atoms with Crippen LogP contribution in [0.3, 0.4) is 0 Å². The largest absolute Gasteiger partial charge is 0.381 e. The Balaban J connectivity index is 1.23. The average molecular weight is 475 g/mol. The smallest absolute Gasteiger partial charge is 0.269 e. The van der Waals surface area contributed by atoms with Gasteiger partial charge < -0.3 is 25.4 Å². The van der Waals surface area contributed by atoms with Gasteiger partial charge in [0.05, 0.1) is 6.10 Å². The molecular formula is C25H38N4O5. The number of nitrogens with zero attached hydrogens (tertiary/aromatic N) is 1. The van der Waals surface area contributed by atoms with E-state index in [1.165, 1.54) is 12.6 Å². The Labute approximate surface area is 201 Å². The van der Waals surface area contributed by atoms with Gasteiger partial charge in [-0.05, 0) is 57.6 Å². The molecule has 9 nitrogen and oxygen atoms in total. The molecule has 1 saturated carbocycles. The van der Waals surface area contributed by atoms with Gasteiger partial charge in [-0.3, -0.25) is 19.4 Å². The Morgan fingerprint density at radius 2 is 1.74 bits per heavy atom. The first-order valence-electron chi connectivity index (χ1n) is 12.6. The highest BCUT2D eigenvalue weighted by Crippen LogP contribution is 2.23. The van der Waals surface area contributed by atoms with E-state index in [0.29, 0.717) is 44.8 Å². The van der Waals surface area contributed by atoms with Crippen LogP contribution in [0.1, 0.15) is 75.2 Å². The van der Waals surface area contributed by atoms with Crippen molar-refractivity contribution in [2.75, 3.05) is 31.6 Å². The van der Waals surface area contributed by atoms with Crippen molar-refractivity contribution >= 4 is 23.4 Å². The second kappa shape index (κ2) is 14.0. The third-order valence-corrected chi connectivity index (χ3v) is 6.28. The van der Waals surface area contributed by atoms with Gasteiger partial charge in [0, 0.05) is 44.1 Å². The predicted octanol–water partition coefficient (Wildman–Crippen LogP) is 2.81. The maximum absolute atomic E-state index is 12.4. The van der Waals surface area contributed by atoms with Crippen LogP contribution in [0, 0.1) is 5.92 Å². The molecule has 1 aliphatic carbocycles. The molecular weight excluding hydrogens is 436 g/mol. The van der Waals surface area contributed by atoms with Gasteiger partial charge in [-0.1, -0.05) is 19.3 Å². The SMILES string of the molecule is CC1CCC(C(=O)Nc2ccnc(C(=O)NCCCOCCCNC(=O)C3CCCCC3)c2)O1. The molecule has 2 fully saturated rings. The van der Waals surface area contributed by atoms with E-state index >= 15 is 0 Å². The van der Waals surface area contributed by atoms with Crippen LogP contribution < -0.4 is 16.0 Å². The zero-order valence-corrected chi connectivity index (χ0v) is 20.1. The molecule has 34 heavy (non-hydrogen) atoms. The molecule has 1 aromatic heterocycles. The number of hydrogen-bond acceptors (Lipinski definition) is 6. The Morgan fingerprint density at radius 1 is 1.00 bits per heavy atom. The number of carbonyl (C=O) groups excluding carboxylic acids is 3. The molecule has 1 saturated heterocycles. The summed E-state index contributed by atoms with van der Waals surface area (Å²) in [5.74, 6) is -0.129. The lowest BCUT2D eigenvalue weighted by Crippen LogP contribution is -2.33. The topological polar surface area (TPSA) is 119 Å². The van der Waals surface area contributed by atoms with Gasteiger partial charge >= 0.3 is 0 Å². The third kappa shape index (κ3) is 8.68. The molecule has 9 heteroatoms. The van der Waals surface area contributed by atoms with E-state index in [2.05, 4.69) is 20.9 Å². The summed E-state index contributed by atoms with van der Waals surface area (Å²) < 4.78 is 11.2. The van der Waals surface area contributed by atoms with Crippen LogP contribution in [0.5, 0.6) is 0 Å². The first-order chi connectivity index (χ1) is 16.5. The monoisotopic (exact) mass is 474 g/mol. The summed E-state index contributed by atoms with van der Waals surface area (Å²) in [4.78, 5) is 40.8. The molecule has 2 unspecified atom stereocenters. The van der Waals surface area contributed by atoms with Gasteiger partial charge in [-0.25, -0.2) is 0 Å². The van der Waals surface area contributed by atoms with Crippen LogP contribution in [0.15, 0.2) is 18.3 Å². The van der Waals surface area contributed by atoms with Crippen molar-refractivity contribution in [1.82, 2.24) is 15.6 Å². The molecule has 0 bridgehead atoms. The number of pyridine rings is 1. The lowest BCUT2D eigenvalue weighted by atomic mass is 9.89. The third-order valence-electron chi connectivity index (χ3n) is 6.28. The van der Waals surface area contributed by atoms with Gasteiger partial charge in [0.2, 0.25) is 5.91 Å². The van der Waals surface area contributed by atoms with E-state index in [-0.39, 0.29) is 35.4 Å². The van der Waals surface area contributed by atoms with Gasteiger partial charge in [0.25, 0.3) is 11.8 Å². The molecule has 2 atom stereocenters. The van der Waals surface area contributed by atoms with E-state index < -0.39 is 6.10 Å². The maximum atomic E-state index is 12.4. The highest BCUT2D eigenvalue weighted by Gasteiger charge is 2.28. The number of ether oxygens (including phenoxy) is 2. The maximum Gasteiger partial charge on any atom is 0.269 e. The Morgan fingerprint density at radius 3 is 2.44 bits per heavy atom. The fourth-order valence-electron chi connectivity index (χ4n) is 4.31. The lowest BCUT2D eigenvalue weighted by Gasteiger charge is -2.20. The normalized spacial score (nSPS) is 20.6. The predicted molar refractivity (Wildman–Crippen MR) is 128 cm³/mol. The minimum Gasteiger partial charge on any atom is -0.381 e. The molecule has 3 rings (SSSR count). The second-order valence-electron chi connectivity index (χ2n) is 9.13. The van der Waals surface area contributed by atoms with E-state index in [9.17, 15) is 14.4 Å². The number of carbonyl (C=O) groups is 3. The van der Waals surface area contributed by atoms with Gasteiger partial charge in [-0.2, -0.15) is 0 Å². The van der Waals surface area contributed by atoms with Crippen molar-refractivity contribution in [2.24, 2.45) is 5.92 Å². The van der Waals surface area contributed by atoms with E-state index in [0.717, 1.165) is 38.5 Å². The van der Waals surface area contributed by atoms with Crippen molar-refractivity contribution in [2.45, 2.75) is 76.9 Å². The van der Waals surface area contributed by atoms with Crippen molar-refractivity contribution < 1.29 is 23.9 Å². The molecule has 1 aromatic rings. The summed E-state index contributed by atoms with van der Waals surface area (Å²) in [6, 6.07) is 3.21. The van der Waals surface area contributed by atoms with E-state index in [1.54, 1.807) is 12.1 Å².